The second kappa shape index (κ2) is 8.26. The molecule has 0 saturated heterocycles. The summed E-state index contributed by atoms with van der Waals surface area (Å²) >= 11 is 0. The van der Waals surface area contributed by atoms with Crippen molar-refractivity contribution < 1.29 is 22.8 Å². The van der Waals surface area contributed by atoms with Gasteiger partial charge in [0.1, 0.15) is 11.6 Å². The minimum absolute atomic E-state index is 0.186. The molecule has 0 spiro atoms. The third-order valence-corrected chi connectivity index (χ3v) is 4.60. The van der Waals surface area contributed by atoms with Crippen LogP contribution in [0.3, 0.4) is 0 Å². The molecule has 2 aromatic carbocycles. The maximum Gasteiger partial charge on any atom is 0.289 e. The van der Waals surface area contributed by atoms with Crippen LogP contribution in [0.25, 0.3) is 0 Å². The highest BCUT2D eigenvalue weighted by atomic mass is 19.1. The number of hydrogen-bond acceptors (Lipinski definition) is 4. The van der Waals surface area contributed by atoms with Crippen molar-refractivity contribution >= 4 is 11.6 Å². The van der Waals surface area contributed by atoms with Crippen LogP contribution in [-0.4, -0.2) is 29.2 Å². The van der Waals surface area contributed by atoms with Gasteiger partial charge in [-0.15, -0.1) is 0 Å². The molecule has 1 aliphatic rings. The fourth-order valence-electron chi connectivity index (χ4n) is 3.24. The van der Waals surface area contributed by atoms with E-state index < -0.39 is 6.10 Å². The Kier molecular flexibility index (Phi) is 5.37. The summed E-state index contributed by atoms with van der Waals surface area (Å²) in [5, 5.41) is 4.05. The van der Waals surface area contributed by atoms with Crippen LogP contribution < -0.4 is 0 Å². The maximum absolute atomic E-state index is 13.6. The minimum Gasteiger partial charge on any atom is -0.459 e. The van der Waals surface area contributed by atoms with Crippen LogP contribution in [0, 0.1) is 11.6 Å². The Hall–Kier alpha value is -3.48. The van der Waals surface area contributed by atoms with Crippen LogP contribution in [0.2, 0.25) is 0 Å². The van der Waals surface area contributed by atoms with Crippen LogP contribution in [0.1, 0.15) is 28.1 Å². The largest absolute Gasteiger partial charge is 0.459 e. The van der Waals surface area contributed by atoms with Crippen molar-refractivity contribution in [2.75, 3.05) is 6.54 Å². The summed E-state index contributed by atoms with van der Waals surface area (Å²) in [4.78, 5) is 19.9. The molecule has 1 aromatic heterocycles. The number of hydrogen-bond donors (Lipinski definition) is 0. The summed E-state index contributed by atoms with van der Waals surface area (Å²) < 4.78 is 32.3. The lowest BCUT2D eigenvalue weighted by molar-refractivity contribution is 0.0387. The van der Waals surface area contributed by atoms with E-state index in [1.54, 1.807) is 36.4 Å². The number of oxime groups is 1. The van der Waals surface area contributed by atoms with E-state index in [0.717, 1.165) is 0 Å². The Bertz CT molecular complexity index is 1030. The summed E-state index contributed by atoms with van der Waals surface area (Å²) in [5.41, 5.74) is 1.90. The molecule has 0 N–H and O–H groups in total. The molecule has 4 rings (SSSR count). The molecular weight excluding hydrogens is 378 g/mol. The number of benzene rings is 2. The molecule has 0 radical (unpaired) electrons. The average molecular weight is 396 g/mol. The van der Waals surface area contributed by atoms with Gasteiger partial charge in [0.25, 0.3) is 5.91 Å². The highest BCUT2D eigenvalue weighted by Gasteiger charge is 2.28. The van der Waals surface area contributed by atoms with Gasteiger partial charge in [0.05, 0.1) is 18.5 Å². The van der Waals surface area contributed by atoms with Crippen molar-refractivity contribution in [2.45, 2.75) is 19.1 Å². The molecule has 0 aliphatic carbocycles. The molecule has 0 fully saturated rings. The fourth-order valence-corrected chi connectivity index (χ4v) is 3.24. The zero-order chi connectivity index (χ0) is 20.2. The lowest BCUT2D eigenvalue weighted by atomic mass is 10.0. The minimum atomic E-state index is -0.402. The Morgan fingerprint density at radius 1 is 1.07 bits per heavy atom. The third kappa shape index (κ3) is 4.51. The van der Waals surface area contributed by atoms with Crippen molar-refractivity contribution in [1.82, 2.24) is 4.90 Å². The lowest BCUT2D eigenvalue weighted by Crippen LogP contribution is -2.37. The Morgan fingerprint density at radius 3 is 2.59 bits per heavy atom. The van der Waals surface area contributed by atoms with E-state index in [4.69, 9.17) is 9.25 Å². The number of furan rings is 1. The zero-order valence-electron chi connectivity index (χ0n) is 15.4. The summed E-state index contributed by atoms with van der Waals surface area (Å²) in [6.07, 6.45) is 1.44. The second-order valence-electron chi connectivity index (χ2n) is 6.77. The summed E-state index contributed by atoms with van der Waals surface area (Å²) in [5.74, 6) is -0.871. The van der Waals surface area contributed by atoms with Crippen LogP contribution in [0.5, 0.6) is 0 Å². The summed E-state index contributed by atoms with van der Waals surface area (Å²) in [7, 11) is 0. The smallest absolute Gasteiger partial charge is 0.289 e. The highest BCUT2D eigenvalue weighted by molar-refractivity contribution is 6.01. The fraction of sp³-hybridized carbons (Fsp3) is 0.182. The molecule has 2 heterocycles. The Labute approximate surface area is 166 Å². The molecule has 1 atom stereocenters. The van der Waals surface area contributed by atoms with Crippen molar-refractivity contribution in [1.29, 1.82) is 0 Å². The van der Waals surface area contributed by atoms with Gasteiger partial charge in [0.2, 0.25) is 0 Å². The van der Waals surface area contributed by atoms with Gasteiger partial charge in [0, 0.05) is 18.5 Å². The van der Waals surface area contributed by atoms with Crippen molar-refractivity contribution in [2.24, 2.45) is 5.16 Å². The first kappa shape index (κ1) is 18.9. The first-order valence-corrected chi connectivity index (χ1v) is 9.14. The highest BCUT2D eigenvalue weighted by Crippen LogP contribution is 2.20. The monoisotopic (exact) mass is 396 g/mol. The van der Waals surface area contributed by atoms with Gasteiger partial charge in [-0.25, -0.2) is 8.78 Å². The van der Waals surface area contributed by atoms with Crippen LogP contribution in [0.4, 0.5) is 8.78 Å². The molecule has 1 aliphatic heterocycles. The van der Waals surface area contributed by atoms with E-state index in [0.29, 0.717) is 23.3 Å². The van der Waals surface area contributed by atoms with Gasteiger partial charge in [-0.1, -0.05) is 29.4 Å². The molecule has 3 aromatic rings. The third-order valence-electron chi connectivity index (χ3n) is 4.60. The quantitative estimate of drug-likeness (QED) is 0.621. The van der Waals surface area contributed by atoms with Crippen LogP contribution in [0.15, 0.2) is 76.5 Å². The molecule has 0 saturated carbocycles. The number of carbonyl (C=O) groups excluding carboxylic acids is 1. The summed E-state index contributed by atoms with van der Waals surface area (Å²) in [6, 6.07) is 15.4. The van der Waals surface area contributed by atoms with E-state index in [9.17, 15) is 13.6 Å². The Morgan fingerprint density at radius 2 is 1.86 bits per heavy atom. The molecular formula is C22H18F2N2O3. The van der Waals surface area contributed by atoms with Gasteiger partial charge in [0.15, 0.2) is 11.9 Å². The van der Waals surface area contributed by atoms with Crippen molar-refractivity contribution in [3.63, 3.8) is 0 Å². The first-order chi connectivity index (χ1) is 14.1. The molecule has 1 amide bonds. The zero-order valence-corrected chi connectivity index (χ0v) is 15.4. The topological polar surface area (TPSA) is 55.0 Å². The lowest BCUT2D eigenvalue weighted by Gasteiger charge is -2.24. The predicted molar refractivity (Wildman–Crippen MR) is 102 cm³/mol. The van der Waals surface area contributed by atoms with Gasteiger partial charge < -0.3 is 14.2 Å². The van der Waals surface area contributed by atoms with E-state index in [-0.39, 0.29) is 36.4 Å². The number of amides is 1. The van der Waals surface area contributed by atoms with Gasteiger partial charge in [-0.05, 0) is 42.0 Å². The van der Waals surface area contributed by atoms with Gasteiger partial charge >= 0.3 is 0 Å². The number of halogens is 2. The van der Waals surface area contributed by atoms with Gasteiger partial charge in [-0.3, -0.25) is 4.79 Å². The number of nitrogens with zero attached hydrogens (tertiary/aromatic N) is 2. The van der Waals surface area contributed by atoms with E-state index in [2.05, 4.69) is 5.16 Å². The normalized spacial score (nSPS) is 15.7. The molecule has 29 heavy (non-hydrogen) atoms. The molecule has 7 heteroatoms. The predicted octanol–water partition coefficient (Wildman–Crippen LogP) is 4.39. The number of rotatable bonds is 6. The summed E-state index contributed by atoms with van der Waals surface area (Å²) in [6.45, 7) is 0.408. The van der Waals surface area contributed by atoms with Crippen LogP contribution >= 0.6 is 0 Å². The Balaban J connectivity index is 1.49. The standard InChI is InChI=1S/C22H18F2N2O3/c23-17-6-1-4-15(10-17)13-26(22(27)21-8-3-9-28-21)14-19-12-20(25-29-19)16-5-2-7-18(24)11-16/h1-11,19H,12-14H2. The van der Waals surface area contributed by atoms with Gasteiger partial charge in [-0.2, -0.15) is 0 Å². The first-order valence-electron chi connectivity index (χ1n) is 9.14. The molecule has 148 valence electrons. The van der Waals surface area contributed by atoms with Crippen molar-refractivity contribution in [3.05, 3.63) is 95.4 Å². The van der Waals surface area contributed by atoms with Crippen LogP contribution in [-0.2, 0) is 11.4 Å². The second-order valence-corrected chi connectivity index (χ2v) is 6.77. The SMILES string of the molecule is O=C(c1ccco1)N(Cc1cccc(F)c1)CC1CC(c2cccc(F)c2)=NO1. The molecule has 5 nitrogen and oxygen atoms in total. The van der Waals surface area contributed by atoms with E-state index >= 15 is 0 Å². The average Bonchev–Trinajstić information content (AvgIpc) is 3.39. The van der Waals surface area contributed by atoms with E-state index in [1.165, 1.54) is 35.4 Å². The molecule has 1 unspecified atom stereocenters. The number of carbonyl (C=O) groups is 1. The van der Waals surface area contributed by atoms with E-state index in [1.807, 2.05) is 0 Å². The van der Waals surface area contributed by atoms with Crippen molar-refractivity contribution in [3.8, 4) is 0 Å². The maximum atomic E-state index is 13.6. The molecule has 0 bridgehead atoms.